The van der Waals surface area contributed by atoms with E-state index in [0.717, 1.165) is 33.9 Å². The van der Waals surface area contributed by atoms with Crippen molar-refractivity contribution in [1.29, 1.82) is 0 Å². The molecule has 0 aliphatic heterocycles. The van der Waals surface area contributed by atoms with E-state index < -0.39 is 0 Å². The lowest BCUT2D eigenvalue weighted by molar-refractivity contribution is 0.476. The van der Waals surface area contributed by atoms with Crippen molar-refractivity contribution in [2.45, 2.75) is 0 Å². The summed E-state index contributed by atoms with van der Waals surface area (Å²) in [6.07, 6.45) is 0. The summed E-state index contributed by atoms with van der Waals surface area (Å²) in [5.74, 6) is 1.50. The van der Waals surface area contributed by atoms with Gasteiger partial charge in [0, 0.05) is 13.4 Å². The van der Waals surface area contributed by atoms with Gasteiger partial charge in [0.25, 0.3) is 0 Å². The van der Waals surface area contributed by atoms with Gasteiger partial charge in [-0.2, -0.15) is 0 Å². The van der Waals surface area contributed by atoms with Crippen LogP contribution < -0.4 is 4.74 Å². The first-order valence-corrected chi connectivity index (χ1v) is 8.71. The molecule has 0 aliphatic rings. The molecule has 0 unspecified atom stereocenters. The minimum absolute atomic E-state index is 0.744. The molecule has 1 nitrogen and oxygen atoms in total. The van der Waals surface area contributed by atoms with Crippen LogP contribution in [0.2, 0.25) is 0 Å². The largest absolute Gasteiger partial charge is 0.455 e. The van der Waals surface area contributed by atoms with E-state index in [1.165, 1.54) is 0 Å². The molecule has 0 atom stereocenters. The van der Waals surface area contributed by atoms with Crippen LogP contribution in [0.15, 0.2) is 52.7 Å². The minimum Gasteiger partial charge on any atom is -0.455 e. The first kappa shape index (κ1) is 15.0. The second-order valence-corrected chi connectivity index (χ2v) is 7.71. The Bertz CT molecular complexity index is 597. The van der Waals surface area contributed by atoms with Crippen LogP contribution in [0, 0.1) is 0 Å². The molecule has 0 fully saturated rings. The second-order valence-electron chi connectivity index (χ2n) is 3.37. The summed E-state index contributed by atoms with van der Waals surface area (Å²) in [5.41, 5.74) is 0. The fourth-order valence-corrected chi connectivity index (χ4v) is 3.78. The van der Waals surface area contributed by atoms with Gasteiger partial charge in [-0.1, -0.05) is 15.9 Å². The molecule has 18 heavy (non-hydrogen) atoms. The average Bonchev–Trinajstić information content (AvgIpc) is 2.29. The molecule has 2 aromatic carbocycles. The summed E-state index contributed by atoms with van der Waals surface area (Å²) >= 11 is 17.3. The van der Waals surface area contributed by atoms with E-state index >= 15 is 0 Å². The maximum atomic E-state index is 5.87. The lowest BCUT2D eigenvalue weighted by Gasteiger charge is -2.11. The fraction of sp³-hybridized carbons (Fsp3) is 0. The second kappa shape index (κ2) is 6.39. The van der Waals surface area contributed by atoms with E-state index in [1.54, 1.807) is 0 Å². The van der Waals surface area contributed by atoms with Gasteiger partial charge in [-0.25, -0.2) is 0 Å². The fourth-order valence-electron chi connectivity index (χ4n) is 1.26. The van der Waals surface area contributed by atoms with Crippen LogP contribution in [-0.2, 0) is 0 Å². The summed E-state index contributed by atoms with van der Waals surface area (Å²) in [6.45, 7) is 0. The lowest BCUT2D eigenvalue weighted by atomic mass is 11.3. The zero-order valence-corrected chi connectivity index (χ0v) is 16.6. The molecule has 6 heteroatoms. The van der Waals surface area contributed by atoms with Crippen LogP contribution in [0.1, 0.15) is 0 Å². The Labute approximate surface area is 147 Å². The number of ether oxygens (including phenoxy) is 1. The third kappa shape index (κ3) is 3.60. The Balaban J connectivity index is 2.37. The normalized spacial score (nSPS) is 10.5. The standard InChI is InChI=1S/C12H5Br5O/c13-6-1-2-11(9(16)3-6)18-12-5-8(15)7(14)4-10(12)17/h1-5H/i1+1,2+1,3+1,4+1,5+1,6+1,7+1,8+1,9+1,10+1,11+1,12+1. The van der Waals surface area contributed by atoms with Crippen LogP contribution in [0.3, 0.4) is 0 Å². The smallest absolute Gasteiger partial charge is 0.142 e. The van der Waals surface area contributed by atoms with Crippen LogP contribution in [-0.4, -0.2) is 0 Å². The summed E-state index contributed by atoms with van der Waals surface area (Å²) in [7, 11) is 0. The van der Waals surface area contributed by atoms with Crippen molar-refractivity contribution < 1.29 is 4.74 Å². The van der Waals surface area contributed by atoms with Crippen LogP contribution in [0.5, 0.6) is 11.5 Å². The Morgan fingerprint density at radius 3 is 1.89 bits per heavy atom. The highest BCUT2D eigenvalue weighted by Crippen LogP contribution is 2.39. The number of halogens is 5. The topological polar surface area (TPSA) is 9.23 Å². The van der Waals surface area contributed by atoms with E-state index in [2.05, 4.69) is 79.6 Å². The van der Waals surface area contributed by atoms with Gasteiger partial charge in [-0.3, -0.25) is 0 Å². The van der Waals surface area contributed by atoms with Crippen molar-refractivity contribution in [3.8, 4) is 11.5 Å². The molecule has 0 radical (unpaired) electrons. The summed E-state index contributed by atoms with van der Waals surface area (Å²) in [4.78, 5) is 0. The first-order chi connectivity index (χ1) is 8.47. The molecule has 0 amide bonds. The molecule has 2 aromatic rings. The van der Waals surface area contributed by atoms with Crippen molar-refractivity contribution in [2.75, 3.05) is 0 Å². The predicted octanol–water partition coefficient (Wildman–Crippen LogP) is 7.29. The molecule has 0 N–H and O–H groups in total. The van der Waals surface area contributed by atoms with Crippen molar-refractivity contribution in [3.63, 3.8) is 0 Å². The van der Waals surface area contributed by atoms with Crippen molar-refractivity contribution in [3.05, 3.63) is 52.7 Å². The third-order valence-electron chi connectivity index (χ3n) is 2.09. The molecule has 0 saturated heterocycles. The van der Waals surface area contributed by atoms with Gasteiger partial charge in [-0.15, -0.1) is 0 Å². The van der Waals surface area contributed by atoms with Crippen LogP contribution in [0.25, 0.3) is 0 Å². The van der Waals surface area contributed by atoms with Crippen molar-refractivity contribution >= 4 is 79.6 Å². The Morgan fingerprint density at radius 1 is 0.611 bits per heavy atom. The Morgan fingerprint density at radius 2 is 1.22 bits per heavy atom. The molecule has 94 valence electrons. The quantitative estimate of drug-likeness (QED) is 0.341. The number of hydrogen-bond acceptors (Lipinski definition) is 1. The third-order valence-corrected chi connectivity index (χ3v) is 5.67. The molecule has 2 rings (SSSR count). The summed E-state index contributed by atoms with van der Waals surface area (Å²) in [6, 6.07) is 9.62. The number of hydrogen-bond donors (Lipinski definition) is 0. The molecule has 0 saturated carbocycles. The minimum atomic E-state index is 0.744. The van der Waals surface area contributed by atoms with E-state index in [-0.39, 0.29) is 0 Å². The Kier molecular flexibility index (Phi) is 5.34. The van der Waals surface area contributed by atoms with Crippen LogP contribution in [0.4, 0.5) is 0 Å². The zero-order valence-electron chi connectivity index (χ0n) is 8.68. The molecule has 0 aromatic heterocycles. The maximum Gasteiger partial charge on any atom is 0.142 e. The van der Waals surface area contributed by atoms with Gasteiger partial charge < -0.3 is 4.74 Å². The van der Waals surface area contributed by atoms with Gasteiger partial charge in [0.15, 0.2) is 0 Å². The van der Waals surface area contributed by atoms with E-state index in [9.17, 15) is 0 Å². The average molecular weight is 577 g/mol. The lowest BCUT2D eigenvalue weighted by Crippen LogP contribution is -1.87. The van der Waals surface area contributed by atoms with E-state index in [1.807, 2.05) is 30.3 Å². The van der Waals surface area contributed by atoms with Crippen LogP contribution >= 0.6 is 79.6 Å². The van der Waals surface area contributed by atoms with Crippen molar-refractivity contribution in [2.24, 2.45) is 0 Å². The molecular formula is C12H5Br5O. The van der Waals surface area contributed by atoms with Gasteiger partial charge in [0.05, 0.1) is 8.95 Å². The van der Waals surface area contributed by atoms with E-state index in [4.69, 9.17) is 4.74 Å². The highest BCUT2D eigenvalue weighted by molar-refractivity contribution is 9.13. The molecule has 0 bridgehead atoms. The monoisotopic (exact) mass is 572 g/mol. The zero-order chi connectivity index (χ0) is 13.3. The molecule has 0 aliphatic carbocycles. The predicted molar refractivity (Wildman–Crippen MR) is 91.5 cm³/mol. The number of benzene rings is 2. The molecule has 0 spiro atoms. The van der Waals surface area contributed by atoms with Gasteiger partial charge >= 0.3 is 0 Å². The first-order valence-electron chi connectivity index (χ1n) is 4.75. The van der Waals surface area contributed by atoms with Gasteiger partial charge in [0.1, 0.15) is 11.5 Å². The van der Waals surface area contributed by atoms with E-state index in [0.29, 0.717) is 0 Å². The summed E-state index contributed by atoms with van der Waals surface area (Å²) < 4.78 is 10.5. The maximum absolute atomic E-state index is 5.87. The highest BCUT2D eigenvalue weighted by atomic mass is 79.9. The summed E-state index contributed by atoms with van der Waals surface area (Å²) in [5, 5.41) is 0. The van der Waals surface area contributed by atoms with Gasteiger partial charge in [0.2, 0.25) is 0 Å². The highest BCUT2D eigenvalue weighted by Gasteiger charge is 2.09. The molecule has 0 heterocycles. The SMILES string of the molecule is Br[13c]1[13cH][13cH][13c](O[13c]2[13cH][13c](Br)[13c](Br)[13cH][13c]2Br)[13c](Br)[13cH]1. The Hall–Kier alpha value is 0.640. The molecular weight excluding hydrogens is 572 g/mol. The van der Waals surface area contributed by atoms with Crippen molar-refractivity contribution in [1.82, 2.24) is 0 Å². The van der Waals surface area contributed by atoms with Gasteiger partial charge in [-0.05, 0) is 94.1 Å². The number of rotatable bonds is 2.